The van der Waals surface area contributed by atoms with Crippen molar-refractivity contribution in [3.63, 3.8) is 0 Å². The fourth-order valence-corrected chi connectivity index (χ4v) is 2.96. The Morgan fingerprint density at radius 2 is 2.26 bits per heavy atom. The van der Waals surface area contributed by atoms with E-state index in [1.807, 2.05) is 24.4 Å². The first-order valence-electron chi connectivity index (χ1n) is 6.39. The molecule has 1 fully saturated rings. The molecule has 1 aliphatic heterocycles. The van der Waals surface area contributed by atoms with Crippen LogP contribution in [0.4, 0.5) is 5.82 Å². The van der Waals surface area contributed by atoms with Gasteiger partial charge < -0.3 is 15.4 Å². The summed E-state index contributed by atoms with van der Waals surface area (Å²) in [5, 5.41) is 2.35. The summed E-state index contributed by atoms with van der Waals surface area (Å²) in [4.78, 5) is 6.81. The first-order valence-corrected chi connectivity index (χ1v) is 7.18. The van der Waals surface area contributed by atoms with Crippen molar-refractivity contribution in [2.45, 2.75) is 6.10 Å². The molecule has 5 heteroatoms. The maximum atomic E-state index is 5.70. The number of nitrogens with two attached hydrogens (primary N) is 1. The van der Waals surface area contributed by atoms with Gasteiger partial charge >= 0.3 is 0 Å². The molecule has 100 valence electrons. The Bertz CT molecular complexity index is 590. The highest BCUT2D eigenvalue weighted by atomic mass is 79.9. The van der Waals surface area contributed by atoms with Crippen LogP contribution in [-0.4, -0.2) is 37.3 Å². The summed E-state index contributed by atoms with van der Waals surface area (Å²) in [7, 11) is 0. The highest BCUT2D eigenvalue weighted by Crippen LogP contribution is 2.30. The van der Waals surface area contributed by atoms with E-state index in [0.29, 0.717) is 13.2 Å². The van der Waals surface area contributed by atoms with E-state index in [1.54, 1.807) is 0 Å². The van der Waals surface area contributed by atoms with Crippen LogP contribution < -0.4 is 10.6 Å². The third kappa shape index (κ3) is 2.45. The number of hydrogen-bond acceptors (Lipinski definition) is 4. The molecule has 4 nitrogen and oxygen atoms in total. The predicted molar refractivity (Wildman–Crippen MR) is 80.5 cm³/mol. The molecule has 1 unspecified atom stereocenters. The van der Waals surface area contributed by atoms with Gasteiger partial charge in [0.15, 0.2) is 0 Å². The van der Waals surface area contributed by atoms with Crippen LogP contribution in [0.5, 0.6) is 0 Å². The standard InChI is InChI=1S/C14H16BrN3O/c15-13-3-1-2-12-11(13)4-5-17-14(12)18-6-7-19-10(8-16)9-18/h1-5,10H,6-9,16H2. The SMILES string of the molecule is NCC1CN(c2nccc3c(Br)cccc23)CCO1. The van der Waals surface area contributed by atoms with Crippen molar-refractivity contribution >= 4 is 32.5 Å². The van der Waals surface area contributed by atoms with Crippen LogP contribution in [-0.2, 0) is 4.74 Å². The Morgan fingerprint density at radius 1 is 1.37 bits per heavy atom. The highest BCUT2D eigenvalue weighted by Gasteiger charge is 2.21. The quantitative estimate of drug-likeness (QED) is 0.921. The van der Waals surface area contributed by atoms with Gasteiger partial charge in [-0.05, 0) is 12.1 Å². The van der Waals surface area contributed by atoms with Crippen molar-refractivity contribution in [1.82, 2.24) is 4.98 Å². The molecular formula is C14H16BrN3O. The van der Waals surface area contributed by atoms with Gasteiger partial charge in [-0.1, -0.05) is 28.1 Å². The maximum Gasteiger partial charge on any atom is 0.136 e. The summed E-state index contributed by atoms with van der Waals surface area (Å²) >= 11 is 3.59. The number of pyridine rings is 1. The molecule has 2 aromatic rings. The molecule has 0 radical (unpaired) electrons. The van der Waals surface area contributed by atoms with Crippen LogP contribution in [0.25, 0.3) is 10.8 Å². The summed E-state index contributed by atoms with van der Waals surface area (Å²) in [5.74, 6) is 1.01. The Labute approximate surface area is 120 Å². The first-order chi connectivity index (χ1) is 9.29. The molecule has 1 atom stereocenters. The van der Waals surface area contributed by atoms with Crippen molar-refractivity contribution in [3.05, 3.63) is 34.9 Å². The smallest absolute Gasteiger partial charge is 0.136 e. The Kier molecular flexibility index (Phi) is 3.68. The van der Waals surface area contributed by atoms with E-state index in [2.05, 4.69) is 31.9 Å². The number of ether oxygens (including phenoxy) is 1. The maximum absolute atomic E-state index is 5.70. The van der Waals surface area contributed by atoms with E-state index >= 15 is 0 Å². The fraction of sp³-hybridized carbons (Fsp3) is 0.357. The number of fused-ring (bicyclic) bond motifs is 1. The molecule has 0 amide bonds. The van der Waals surface area contributed by atoms with Crippen molar-refractivity contribution in [3.8, 4) is 0 Å². The second kappa shape index (κ2) is 5.45. The number of aromatic nitrogens is 1. The number of anilines is 1. The molecule has 19 heavy (non-hydrogen) atoms. The lowest BCUT2D eigenvalue weighted by Crippen LogP contribution is -2.46. The predicted octanol–water partition coefficient (Wildman–Crippen LogP) is 2.16. The summed E-state index contributed by atoms with van der Waals surface area (Å²) in [5.41, 5.74) is 5.70. The van der Waals surface area contributed by atoms with Crippen LogP contribution in [0.15, 0.2) is 34.9 Å². The zero-order valence-corrected chi connectivity index (χ0v) is 12.1. The van der Waals surface area contributed by atoms with Gasteiger partial charge in [0.2, 0.25) is 0 Å². The van der Waals surface area contributed by atoms with Gasteiger partial charge in [-0.3, -0.25) is 0 Å². The highest BCUT2D eigenvalue weighted by molar-refractivity contribution is 9.10. The number of morpholine rings is 1. The summed E-state index contributed by atoms with van der Waals surface area (Å²) in [6, 6.07) is 8.23. The first kappa shape index (κ1) is 12.8. The van der Waals surface area contributed by atoms with Gasteiger partial charge in [0.1, 0.15) is 5.82 Å². The lowest BCUT2D eigenvalue weighted by molar-refractivity contribution is 0.0464. The minimum atomic E-state index is 0.0953. The second-order valence-electron chi connectivity index (χ2n) is 4.64. The summed E-state index contributed by atoms with van der Waals surface area (Å²) in [6.07, 6.45) is 1.95. The van der Waals surface area contributed by atoms with E-state index in [0.717, 1.165) is 28.8 Å². The van der Waals surface area contributed by atoms with E-state index in [-0.39, 0.29) is 6.10 Å². The molecule has 1 saturated heterocycles. The molecule has 1 aliphatic rings. The summed E-state index contributed by atoms with van der Waals surface area (Å²) < 4.78 is 6.71. The van der Waals surface area contributed by atoms with Crippen LogP contribution in [0.2, 0.25) is 0 Å². The average Bonchev–Trinajstić information content (AvgIpc) is 2.47. The van der Waals surface area contributed by atoms with E-state index in [4.69, 9.17) is 10.5 Å². The largest absolute Gasteiger partial charge is 0.373 e. The second-order valence-corrected chi connectivity index (χ2v) is 5.50. The van der Waals surface area contributed by atoms with Gasteiger partial charge in [0.05, 0.1) is 12.7 Å². The van der Waals surface area contributed by atoms with Crippen LogP contribution in [0, 0.1) is 0 Å². The number of halogens is 1. The number of hydrogen-bond donors (Lipinski definition) is 1. The zero-order chi connectivity index (χ0) is 13.2. The van der Waals surface area contributed by atoms with Gasteiger partial charge in [-0.15, -0.1) is 0 Å². The normalized spacial score (nSPS) is 19.9. The molecule has 1 aromatic heterocycles. The molecule has 0 bridgehead atoms. The van der Waals surface area contributed by atoms with Crippen LogP contribution in [0.3, 0.4) is 0 Å². The lowest BCUT2D eigenvalue weighted by Gasteiger charge is -2.33. The van der Waals surface area contributed by atoms with Gasteiger partial charge in [0.25, 0.3) is 0 Å². The zero-order valence-electron chi connectivity index (χ0n) is 10.6. The Balaban J connectivity index is 2.03. The van der Waals surface area contributed by atoms with Crippen molar-refractivity contribution in [1.29, 1.82) is 0 Å². The molecule has 1 aromatic carbocycles. The Morgan fingerprint density at radius 3 is 3.11 bits per heavy atom. The molecule has 3 rings (SSSR count). The molecule has 2 heterocycles. The third-order valence-corrected chi connectivity index (χ3v) is 4.12. The monoisotopic (exact) mass is 321 g/mol. The third-order valence-electron chi connectivity index (χ3n) is 3.43. The fourth-order valence-electron chi connectivity index (χ4n) is 2.46. The number of rotatable bonds is 2. The molecule has 0 aliphatic carbocycles. The minimum Gasteiger partial charge on any atom is -0.373 e. The van der Waals surface area contributed by atoms with Crippen LogP contribution >= 0.6 is 15.9 Å². The number of benzene rings is 1. The van der Waals surface area contributed by atoms with Crippen molar-refractivity contribution in [2.24, 2.45) is 5.73 Å². The van der Waals surface area contributed by atoms with Crippen molar-refractivity contribution in [2.75, 3.05) is 31.1 Å². The van der Waals surface area contributed by atoms with E-state index in [1.165, 1.54) is 5.39 Å². The van der Waals surface area contributed by atoms with Crippen molar-refractivity contribution < 1.29 is 4.74 Å². The molecule has 0 saturated carbocycles. The topological polar surface area (TPSA) is 51.4 Å². The van der Waals surface area contributed by atoms with Gasteiger partial charge in [-0.2, -0.15) is 0 Å². The molecule has 2 N–H and O–H groups in total. The van der Waals surface area contributed by atoms with E-state index in [9.17, 15) is 0 Å². The lowest BCUT2D eigenvalue weighted by atomic mass is 10.1. The molecular weight excluding hydrogens is 306 g/mol. The number of nitrogens with zero attached hydrogens (tertiary/aromatic N) is 2. The van der Waals surface area contributed by atoms with Crippen LogP contribution in [0.1, 0.15) is 0 Å². The minimum absolute atomic E-state index is 0.0953. The molecule has 0 spiro atoms. The van der Waals surface area contributed by atoms with Gasteiger partial charge in [-0.25, -0.2) is 4.98 Å². The summed E-state index contributed by atoms with van der Waals surface area (Å²) in [6.45, 7) is 2.91. The Hall–Kier alpha value is -1.17. The van der Waals surface area contributed by atoms with E-state index < -0.39 is 0 Å². The average molecular weight is 322 g/mol. The van der Waals surface area contributed by atoms with Gasteiger partial charge in [0, 0.05) is 41.1 Å².